The lowest BCUT2D eigenvalue weighted by atomic mass is 9.97. The molecular weight excluding hydrogens is 236 g/mol. The largest absolute Gasteiger partial charge is 0.326 e. The van der Waals surface area contributed by atoms with Gasteiger partial charge in [-0.2, -0.15) is 5.10 Å². The number of aryl methyl sites for hydroxylation is 1. The number of hydrogen-bond acceptors (Lipinski definition) is 3. The van der Waals surface area contributed by atoms with Gasteiger partial charge < -0.3 is 5.73 Å². The van der Waals surface area contributed by atoms with Crippen LogP contribution >= 0.6 is 0 Å². The summed E-state index contributed by atoms with van der Waals surface area (Å²) in [5.41, 5.74) is 7.68. The van der Waals surface area contributed by atoms with Crippen LogP contribution in [0.25, 0.3) is 0 Å². The highest BCUT2D eigenvalue weighted by Gasteiger charge is 2.26. The second kappa shape index (κ2) is 7.06. The molecule has 0 aliphatic carbocycles. The van der Waals surface area contributed by atoms with Crippen LogP contribution in [0.15, 0.2) is 12.4 Å². The van der Waals surface area contributed by atoms with Crippen molar-refractivity contribution in [3.63, 3.8) is 0 Å². The first-order valence-corrected chi connectivity index (χ1v) is 7.70. The van der Waals surface area contributed by atoms with Gasteiger partial charge in [0.15, 0.2) is 0 Å². The van der Waals surface area contributed by atoms with Gasteiger partial charge in [-0.05, 0) is 32.4 Å². The zero-order chi connectivity index (χ0) is 13.7. The molecule has 19 heavy (non-hydrogen) atoms. The van der Waals surface area contributed by atoms with Gasteiger partial charge in [0.05, 0.1) is 12.2 Å². The van der Waals surface area contributed by atoms with E-state index in [1.165, 1.54) is 50.8 Å². The average molecular weight is 264 g/mol. The van der Waals surface area contributed by atoms with Crippen molar-refractivity contribution in [1.82, 2.24) is 14.7 Å². The third kappa shape index (κ3) is 3.80. The van der Waals surface area contributed by atoms with Crippen LogP contribution in [0.4, 0.5) is 0 Å². The molecule has 0 radical (unpaired) electrons. The first kappa shape index (κ1) is 14.5. The molecule has 108 valence electrons. The molecule has 2 unspecified atom stereocenters. The Hall–Kier alpha value is -0.870. The topological polar surface area (TPSA) is 47.1 Å². The maximum absolute atomic E-state index is 6.40. The summed E-state index contributed by atoms with van der Waals surface area (Å²) in [4.78, 5) is 2.59. The zero-order valence-corrected chi connectivity index (χ0v) is 12.4. The third-order valence-electron chi connectivity index (χ3n) is 4.23. The summed E-state index contributed by atoms with van der Waals surface area (Å²) in [5.74, 6) is 0. The fourth-order valence-electron chi connectivity index (χ4n) is 3.10. The predicted octanol–water partition coefficient (Wildman–Crippen LogP) is 2.46. The fourth-order valence-corrected chi connectivity index (χ4v) is 3.10. The molecule has 0 bridgehead atoms. The zero-order valence-electron chi connectivity index (χ0n) is 12.4. The number of nitrogens with two attached hydrogens (primary N) is 1. The molecule has 2 heterocycles. The van der Waals surface area contributed by atoms with Crippen molar-refractivity contribution in [2.45, 2.75) is 57.5 Å². The van der Waals surface area contributed by atoms with Crippen molar-refractivity contribution in [3.05, 3.63) is 18.0 Å². The molecule has 0 spiro atoms. The minimum atomic E-state index is 0.198. The average Bonchev–Trinajstić information content (AvgIpc) is 2.78. The Balaban J connectivity index is 2.15. The van der Waals surface area contributed by atoms with E-state index >= 15 is 0 Å². The minimum Gasteiger partial charge on any atom is -0.326 e. The molecule has 1 aromatic rings. The normalized spacial score (nSPS) is 21.6. The van der Waals surface area contributed by atoms with Gasteiger partial charge in [0.25, 0.3) is 0 Å². The Bertz CT molecular complexity index is 366. The molecule has 1 aliphatic rings. The van der Waals surface area contributed by atoms with Gasteiger partial charge in [-0.25, -0.2) is 0 Å². The van der Waals surface area contributed by atoms with E-state index in [4.69, 9.17) is 5.73 Å². The molecule has 4 heteroatoms. The molecule has 4 nitrogen and oxygen atoms in total. The van der Waals surface area contributed by atoms with Crippen LogP contribution in [0.2, 0.25) is 0 Å². The highest BCUT2D eigenvalue weighted by Crippen LogP contribution is 2.27. The minimum absolute atomic E-state index is 0.198. The Kier molecular flexibility index (Phi) is 5.40. The second-order valence-corrected chi connectivity index (χ2v) is 5.77. The fraction of sp³-hybridized carbons (Fsp3) is 0.800. The maximum Gasteiger partial charge on any atom is 0.0538 e. The molecule has 1 fully saturated rings. The van der Waals surface area contributed by atoms with E-state index < -0.39 is 0 Å². The number of likely N-dealkylation sites (tertiary alicyclic amines) is 1. The molecule has 2 rings (SSSR count). The molecule has 2 N–H and O–H groups in total. The quantitative estimate of drug-likeness (QED) is 0.908. The molecule has 1 aliphatic heterocycles. The molecular formula is C15H28N4. The second-order valence-electron chi connectivity index (χ2n) is 5.77. The molecule has 2 atom stereocenters. The summed E-state index contributed by atoms with van der Waals surface area (Å²) in [5, 5.41) is 4.33. The maximum atomic E-state index is 6.40. The lowest BCUT2D eigenvalue weighted by Crippen LogP contribution is -2.42. The number of hydrogen-bond donors (Lipinski definition) is 1. The van der Waals surface area contributed by atoms with Gasteiger partial charge >= 0.3 is 0 Å². The number of rotatable bonds is 4. The van der Waals surface area contributed by atoms with E-state index in [9.17, 15) is 0 Å². The summed E-state index contributed by atoms with van der Waals surface area (Å²) in [6.45, 7) is 4.53. The van der Waals surface area contributed by atoms with Crippen LogP contribution in [0.5, 0.6) is 0 Å². The Morgan fingerprint density at radius 3 is 2.37 bits per heavy atom. The van der Waals surface area contributed by atoms with Crippen LogP contribution in [-0.2, 0) is 7.05 Å². The van der Waals surface area contributed by atoms with Gasteiger partial charge in [0.1, 0.15) is 0 Å². The van der Waals surface area contributed by atoms with Crippen molar-refractivity contribution in [2.24, 2.45) is 12.8 Å². The Morgan fingerprint density at radius 1 is 1.21 bits per heavy atom. The van der Waals surface area contributed by atoms with Crippen molar-refractivity contribution in [1.29, 1.82) is 0 Å². The van der Waals surface area contributed by atoms with Gasteiger partial charge in [0.2, 0.25) is 0 Å². The Labute approximate surface area is 117 Å². The van der Waals surface area contributed by atoms with Crippen LogP contribution in [0, 0.1) is 0 Å². The smallest absolute Gasteiger partial charge is 0.0538 e. The van der Waals surface area contributed by atoms with Crippen molar-refractivity contribution < 1.29 is 0 Å². The van der Waals surface area contributed by atoms with E-state index in [1.54, 1.807) is 0 Å². The SMILES string of the molecule is CCC(N)C(c1cnn(C)c1)N1CCCCCCC1. The number of nitrogens with zero attached hydrogens (tertiary/aromatic N) is 3. The molecule has 1 saturated heterocycles. The van der Waals surface area contributed by atoms with Gasteiger partial charge in [-0.15, -0.1) is 0 Å². The first-order valence-electron chi connectivity index (χ1n) is 7.70. The van der Waals surface area contributed by atoms with E-state index in [0.717, 1.165) is 6.42 Å². The lowest BCUT2D eigenvalue weighted by Gasteiger charge is -2.35. The predicted molar refractivity (Wildman–Crippen MR) is 78.9 cm³/mol. The molecule has 0 amide bonds. The van der Waals surface area contributed by atoms with Gasteiger partial charge in [-0.3, -0.25) is 9.58 Å². The molecule has 0 saturated carbocycles. The van der Waals surface area contributed by atoms with Crippen molar-refractivity contribution >= 4 is 0 Å². The van der Waals surface area contributed by atoms with E-state index in [1.807, 2.05) is 17.9 Å². The van der Waals surface area contributed by atoms with Crippen LogP contribution in [0.3, 0.4) is 0 Å². The third-order valence-corrected chi connectivity index (χ3v) is 4.23. The molecule has 1 aromatic heterocycles. The Morgan fingerprint density at radius 2 is 1.84 bits per heavy atom. The summed E-state index contributed by atoms with van der Waals surface area (Å²) in [6.07, 6.45) is 11.8. The van der Waals surface area contributed by atoms with Gasteiger partial charge in [-0.1, -0.05) is 26.2 Å². The van der Waals surface area contributed by atoms with Crippen LogP contribution < -0.4 is 5.73 Å². The highest BCUT2D eigenvalue weighted by molar-refractivity contribution is 5.13. The summed E-state index contributed by atoms with van der Waals surface area (Å²) < 4.78 is 1.88. The summed E-state index contributed by atoms with van der Waals surface area (Å²) in [6, 6.07) is 0.528. The highest BCUT2D eigenvalue weighted by atomic mass is 15.3. The van der Waals surface area contributed by atoms with E-state index in [0.29, 0.717) is 6.04 Å². The molecule has 0 aromatic carbocycles. The first-order chi connectivity index (χ1) is 9.22. The van der Waals surface area contributed by atoms with Crippen molar-refractivity contribution in [2.75, 3.05) is 13.1 Å². The van der Waals surface area contributed by atoms with E-state index in [2.05, 4.69) is 23.1 Å². The monoisotopic (exact) mass is 264 g/mol. The van der Waals surface area contributed by atoms with Crippen LogP contribution in [-0.4, -0.2) is 33.8 Å². The number of aromatic nitrogens is 2. The summed E-state index contributed by atoms with van der Waals surface area (Å²) in [7, 11) is 1.98. The van der Waals surface area contributed by atoms with Gasteiger partial charge in [0, 0.05) is 24.8 Å². The standard InChI is InChI=1S/C15H28N4/c1-3-14(16)15(13-11-17-18(2)12-13)19-9-7-5-4-6-8-10-19/h11-12,14-15H,3-10,16H2,1-2H3. The lowest BCUT2D eigenvalue weighted by molar-refractivity contribution is 0.154. The summed E-state index contributed by atoms with van der Waals surface area (Å²) >= 11 is 0. The van der Waals surface area contributed by atoms with E-state index in [-0.39, 0.29) is 6.04 Å². The van der Waals surface area contributed by atoms with Crippen LogP contribution in [0.1, 0.15) is 57.1 Å². The van der Waals surface area contributed by atoms with Crippen molar-refractivity contribution in [3.8, 4) is 0 Å².